The predicted octanol–water partition coefficient (Wildman–Crippen LogP) is 3.85. The molecule has 1 aromatic carbocycles. The van der Waals surface area contributed by atoms with Crippen molar-refractivity contribution in [1.29, 1.82) is 0 Å². The Morgan fingerprint density at radius 3 is 2.33 bits per heavy atom. The lowest BCUT2D eigenvalue weighted by molar-refractivity contribution is -0.318. The normalized spacial score (nSPS) is 43.6. The number of para-hydroxylation sites is 1. The molecule has 16 heteroatoms. The number of fused-ring (bicyclic) bond motifs is 1. The molecule has 16 nitrogen and oxygen atoms in total. The van der Waals surface area contributed by atoms with E-state index in [0.717, 1.165) is 32.5 Å². The number of nitrogens with one attached hydrogen (secondary N) is 2. The summed E-state index contributed by atoms with van der Waals surface area (Å²) in [5, 5.41) is 67.3. The van der Waals surface area contributed by atoms with Crippen molar-refractivity contribution in [3.05, 3.63) is 29.8 Å². The summed E-state index contributed by atoms with van der Waals surface area (Å²) in [5.41, 5.74) is -1.98. The number of benzene rings is 1. The number of esters is 1. The van der Waals surface area contributed by atoms with Gasteiger partial charge in [-0.05, 0) is 125 Å². The van der Waals surface area contributed by atoms with Gasteiger partial charge in [-0.25, -0.2) is 0 Å². The molecule has 0 saturated carbocycles. The van der Waals surface area contributed by atoms with Gasteiger partial charge in [0.05, 0.1) is 41.5 Å². The summed E-state index contributed by atoms with van der Waals surface area (Å²) in [5.74, 6) is -2.28. The second-order valence-corrected chi connectivity index (χ2v) is 21.3. The molecule has 4 aliphatic rings. The van der Waals surface area contributed by atoms with Gasteiger partial charge < -0.3 is 69.5 Å². The number of aliphatic hydroxyl groups is 5. The summed E-state index contributed by atoms with van der Waals surface area (Å²) in [6.07, 6.45) is -6.68. The van der Waals surface area contributed by atoms with Crippen LogP contribution in [0.15, 0.2) is 24.3 Å². The molecule has 4 aliphatic heterocycles. The van der Waals surface area contributed by atoms with Gasteiger partial charge in [0.15, 0.2) is 12.6 Å². The average molecular weight is 937 g/mol. The molecule has 0 bridgehead atoms. The average Bonchev–Trinajstić information content (AvgIpc) is 3.26. The molecule has 0 aromatic heterocycles. The number of cyclic esters (lactones) is 1. The zero-order valence-electron chi connectivity index (χ0n) is 42.3. The minimum atomic E-state index is -1.85. The highest BCUT2D eigenvalue weighted by Crippen LogP contribution is 2.40. The van der Waals surface area contributed by atoms with Crippen molar-refractivity contribution in [2.75, 3.05) is 59.2 Å². The van der Waals surface area contributed by atoms with Crippen LogP contribution in [0.4, 0.5) is 5.69 Å². The first-order valence-corrected chi connectivity index (χ1v) is 24.8. The summed E-state index contributed by atoms with van der Waals surface area (Å²) in [7, 11) is 5.31. The Kier molecular flexibility index (Phi) is 19.3. The number of carbonyl (C=O) groups excluding carboxylic acids is 1. The molecule has 0 radical (unpaired) electrons. The van der Waals surface area contributed by atoms with Crippen LogP contribution in [0.5, 0.6) is 0 Å². The first kappa shape index (κ1) is 54.9. The fourth-order valence-corrected chi connectivity index (χ4v) is 11.3. The lowest BCUT2D eigenvalue weighted by atomic mass is 9.77. The zero-order valence-corrected chi connectivity index (χ0v) is 42.3. The SMILES string of the molecule is CC[C@H]1OC(=O)[C@H](C)[C@@H](O[C@H]2C[C@@](C)(OC)[C@@H](O)[C@H](C)O2)[C@H](C)[C@@H](O[C@@H]2O[C@H](C)C[C@H](N(C)C)[C@H]2O)[C@](C)(O)C[C@@H](C)CN(CCCNCC2CCNc3ccccc32)[C@H](C)[C@@H](O)[C@]1(C)O. The third-order valence-corrected chi connectivity index (χ3v) is 15.4. The highest BCUT2D eigenvalue weighted by atomic mass is 16.7. The van der Waals surface area contributed by atoms with Gasteiger partial charge in [-0.3, -0.25) is 9.69 Å². The molecule has 1 aromatic rings. The second kappa shape index (κ2) is 23.3. The van der Waals surface area contributed by atoms with E-state index in [1.807, 2.05) is 46.7 Å². The minimum absolute atomic E-state index is 0.124. The summed E-state index contributed by atoms with van der Waals surface area (Å²) in [6, 6.07) is 7.58. The van der Waals surface area contributed by atoms with E-state index in [2.05, 4.69) is 39.8 Å². The van der Waals surface area contributed by atoms with E-state index >= 15 is 0 Å². The molecule has 0 aliphatic carbocycles. The van der Waals surface area contributed by atoms with Crippen molar-refractivity contribution in [2.24, 2.45) is 17.8 Å². The number of nitrogens with zero attached hydrogens (tertiary/aromatic N) is 2. The van der Waals surface area contributed by atoms with Crippen molar-refractivity contribution >= 4 is 11.7 Å². The van der Waals surface area contributed by atoms with Crippen LogP contribution < -0.4 is 10.6 Å². The van der Waals surface area contributed by atoms with Crippen LogP contribution in [0.25, 0.3) is 0 Å². The molecule has 4 heterocycles. The van der Waals surface area contributed by atoms with Gasteiger partial charge >= 0.3 is 5.97 Å². The first-order chi connectivity index (χ1) is 30.9. The molecule has 5 rings (SSSR count). The molecular weight excluding hydrogens is 849 g/mol. The van der Waals surface area contributed by atoms with Crippen LogP contribution in [-0.2, 0) is 33.2 Å². The summed E-state index contributed by atoms with van der Waals surface area (Å²) in [6.45, 7) is 21.5. The summed E-state index contributed by atoms with van der Waals surface area (Å²) < 4.78 is 38.2. The van der Waals surface area contributed by atoms with E-state index in [1.54, 1.807) is 34.6 Å². The first-order valence-electron chi connectivity index (χ1n) is 24.8. The number of anilines is 1. The number of carbonyl (C=O) groups is 1. The molecule has 380 valence electrons. The topological polar surface area (TPSA) is 204 Å². The van der Waals surface area contributed by atoms with Gasteiger partial charge in [0.1, 0.15) is 30.0 Å². The van der Waals surface area contributed by atoms with Gasteiger partial charge in [0.2, 0.25) is 0 Å². The molecule has 1 unspecified atom stereocenters. The van der Waals surface area contributed by atoms with Crippen molar-refractivity contribution in [1.82, 2.24) is 15.1 Å². The van der Waals surface area contributed by atoms with E-state index < -0.39 is 96.0 Å². The van der Waals surface area contributed by atoms with Crippen molar-refractivity contribution in [3.63, 3.8) is 0 Å². The van der Waals surface area contributed by atoms with Crippen LogP contribution in [0.1, 0.15) is 119 Å². The Morgan fingerprint density at radius 1 is 0.970 bits per heavy atom. The van der Waals surface area contributed by atoms with Crippen molar-refractivity contribution in [2.45, 2.75) is 204 Å². The van der Waals surface area contributed by atoms with Gasteiger partial charge in [0.25, 0.3) is 0 Å². The van der Waals surface area contributed by atoms with Crippen molar-refractivity contribution in [3.8, 4) is 0 Å². The van der Waals surface area contributed by atoms with Crippen LogP contribution in [0.3, 0.4) is 0 Å². The number of hydrogen-bond donors (Lipinski definition) is 7. The van der Waals surface area contributed by atoms with E-state index in [-0.39, 0.29) is 37.3 Å². The van der Waals surface area contributed by atoms with Gasteiger partial charge in [0, 0.05) is 62.8 Å². The number of hydrogen-bond acceptors (Lipinski definition) is 16. The van der Waals surface area contributed by atoms with Crippen molar-refractivity contribution < 1.29 is 58.7 Å². The van der Waals surface area contributed by atoms with E-state index in [9.17, 15) is 30.3 Å². The lowest BCUT2D eigenvalue weighted by Gasteiger charge is -2.48. The molecule has 0 amide bonds. The van der Waals surface area contributed by atoms with E-state index in [4.69, 9.17) is 28.4 Å². The molecular formula is C50H88N4O12. The van der Waals surface area contributed by atoms with Crippen LogP contribution in [0, 0.1) is 17.8 Å². The van der Waals surface area contributed by atoms with Crippen LogP contribution in [-0.4, -0.2) is 186 Å². The molecule has 3 fully saturated rings. The van der Waals surface area contributed by atoms with Gasteiger partial charge in [-0.2, -0.15) is 0 Å². The van der Waals surface area contributed by atoms with Gasteiger partial charge in [-0.1, -0.05) is 39.0 Å². The fourth-order valence-electron chi connectivity index (χ4n) is 11.3. The number of aliphatic hydroxyl groups excluding tert-OH is 3. The Balaban J connectivity index is 1.48. The summed E-state index contributed by atoms with van der Waals surface area (Å²) >= 11 is 0. The fraction of sp³-hybridized carbons (Fsp3) is 0.860. The minimum Gasteiger partial charge on any atom is -0.459 e. The smallest absolute Gasteiger partial charge is 0.311 e. The third-order valence-electron chi connectivity index (χ3n) is 15.4. The Morgan fingerprint density at radius 2 is 1.67 bits per heavy atom. The van der Waals surface area contributed by atoms with Gasteiger partial charge in [-0.15, -0.1) is 0 Å². The van der Waals surface area contributed by atoms with E-state index in [0.29, 0.717) is 25.4 Å². The second-order valence-electron chi connectivity index (χ2n) is 21.3. The maximum atomic E-state index is 14.6. The Labute approximate surface area is 395 Å². The number of methoxy groups -OCH3 is 1. The standard InChI is InChI=1S/C50H88N4O12/c1-14-39-50(10,60)43(56)33(6)54(23-17-21-51-27-35-20-22-52-37-19-16-15-18-36(35)37)28-29(2)25-48(8,59)45(66-47-41(55)38(53(11)12)24-30(3)62-47)31(4)42(32(5)46(58)64-39)65-40-26-49(9,61-13)44(57)34(7)63-40/h15-16,18-19,29-35,38-45,47,51-52,55-57,59-60H,14,17,20-28H2,1-13H3/t29-,30-,31+,32-,33-,34+,35?,38+,39-,40+,41-,42+,43-,44+,45-,47+,48-,49-,50-/m1/s1. The predicted molar refractivity (Wildman–Crippen MR) is 253 cm³/mol. The molecule has 66 heavy (non-hydrogen) atoms. The number of likely N-dealkylation sites (N-methyl/N-ethyl adjacent to an activating group) is 1. The maximum absolute atomic E-state index is 14.6. The summed E-state index contributed by atoms with van der Waals surface area (Å²) in [4.78, 5) is 18.7. The molecule has 3 saturated heterocycles. The molecule has 0 spiro atoms. The Hall–Kier alpha value is -2.03. The quantitative estimate of drug-likeness (QED) is 0.111. The van der Waals surface area contributed by atoms with Crippen LogP contribution in [0.2, 0.25) is 0 Å². The van der Waals surface area contributed by atoms with E-state index in [1.165, 1.54) is 25.3 Å². The third kappa shape index (κ3) is 12.8. The lowest BCUT2D eigenvalue weighted by Crippen LogP contribution is -2.60. The molecule has 19 atom stereocenters. The number of ether oxygens (including phenoxy) is 6. The number of rotatable bonds is 13. The monoisotopic (exact) mass is 937 g/mol. The highest BCUT2D eigenvalue weighted by Gasteiger charge is 2.53. The maximum Gasteiger partial charge on any atom is 0.311 e. The molecule has 7 N–H and O–H groups in total. The van der Waals surface area contributed by atoms with Crippen LogP contribution >= 0.6 is 0 Å². The zero-order chi connectivity index (χ0) is 48.9. The largest absolute Gasteiger partial charge is 0.459 e. The highest BCUT2D eigenvalue weighted by molar-refractivity contribution is 5.73. The Bertz CT molecular complexity index is 1670.